The van der Waals surface area contributed by atoms with E-state index in [1.54, 1.807) is 0 Å². The van der Waals surface area contributed by atoms with Gasteiger partial charge in [0.05, 0.1) is 5.69 Å². The van der Waals surface area contributed by atoms with E-state index in [9.17, 15) is 0 Å². The third-order valence-electron chi connectivity index (χ3n) is 9.81. The minimum Gasteiger partial charge on any atom is -0.456 e. The van der Waals surface area contributed by atoms with Crippen molar-refractivity contribution >= 4 is 33.5 Å². The second kappa shape index (κ2) is 8.94. The van der Waals surface area contributed by atoms with Gasteiger partial charge in [-0.25, -0.2) is 4.99 Å². The maximum Gasteiger partial charge on any atom is 0.171 e. The summed E-state index contributed by atoms with van der Waals surface area (Å²) in [4.78, 5) is 5.56. The molecule has 45 heavy (non-hydrogen) atoms. The van der Waals surface area contributed by atoms with Gasteiger partial charge in [0.1, 0.15) is 22.5 Å². The summed E-state index contributed by atoms with van der Waals surface area (Å²) in [7, 11) is 0. The predicted molar refractivity (Wildman–Crippen MR) is 181 cm³/mol. The van der Waals surface area contributed by atoms with E-state index in [1.165, 1.54) is 33.4 Å². The maximum atomic E-state index is 6.58. The number of furan rings is 1. The van der Waals surface area contributed by atoms with Crippen LogP contribution in [0.3, 0.4) is 0 Å². The number of amidine groups is 1. The molecule has 2 aliphatic heterocycles. The number of fused-ring (bicyclic) bond motifs is 8. The molecule has 1 aliphatic carbocycles. The molecule has 0 bridgehead atoms. The summed E-state index contributed by atoms with van der Waals surface area (Å²) >= 11 is 0. The summed E-state index contributed by atoms with van der Waals surface area (Å²) in [5, 5.41) is 6.84. The summed E-state index contributed by atoms with van der Waals surface area (Å²) in [6, 6.07) is 49.3. The highest BCUT2D eigenvalue weighted by atomic mass is 16.3. The average Bonchev–Trinajstić information content (AvgIpc) is 3.75. The van der Waals surface area contributed by atoms with E-state index in [0.29, 0.717) is 0 Å². The molecule has 3 heterocycles. The molecule has 6 aromatic carbocycles. The van der Waals surface area contributed by atoms with E-state index in [1.807, 2.05) is 12.1 Å². The van der Waals surface area contributed by atoms with Crippen LogP contribution >= 0.6 is 0 Å². The highest BCUT2D eigenvalue weighted by Crippen LogP contribution is 2.60. The molecule has 2 unspecified atom stereocenters. The number of nitrogens with zero attached hydrogens (tertiary/aromatic N) is 3. The van der Waals surface area contributed by atoms with Gasteiger partial charge < -0.3 is 4.42 Å². The van der Waals surface area contributed by atoms with Gasteiger partial charge in [-0.15, -0.1) is 5.12 Å². The lowest BCUT2D eigenvalue weighted by atomic mass is 9.84. The van der Waals surface area contributed by atoms with Crippen molar-refractivity contribution in [3.63, 3.8) is 0 Å². The standard InChI is InChI=1S/C40H28N4O/c1-40-33-21-10-8-17-28(33)30-24-23-27(25-13-4-2-5-14-25)36(35(30)40)42-44-39(41-38(43(40)44)26-15-6-3-7-16-26)32-20-12-19-31-29-18-9-11-22-34(29)45-37(31)32/h2-24,39,42H,1H3. The Balaban J connectivity index is 1.27. The van der Waals surface area contributed by atoms with Crippen molar-refractivity contribution < 1.29 is 4.42 Å². The Hall–Kier alpha value is -5.65. The third-order valence-corrected chi connectivity index (χ3v) is 9.81. The van der Waals surface area contributed by atoms with E-state index in [2.05, 4.69) is 150 Å². The molecule has 1 N–H and O–H groups in total. The van der Waals surface area contributed by atoms with E-state index in [4.69, 9.17) is 9.41 Å². The highest BCUT2D eigenvalue weighted by Gasteiger charge is 2.56. The molecule has 0 radical (unpaired) electrons. The Morgan fingerprint density at radius 3 is 2.18 bits per heavy atom. The second-order valence-corrected chi connectivity index (χ2v) is 12.2. The van der Waals surface area contributed by atoms with Gasteiger partial charge in [-0.2, -0.15) is 0 Å². The number of para-hydroxylation sites is 2. The monoisotopic (exact) mass is 580 g/mol. The zero-order valence-corrected chi connectivity index (χ0v) is 24.6. The quantitative estimate of drug-likeness (QED) is 0.226. The summed E-state index contributed by atoms with van der Waals surface area (Å²) in [6.45, 7) is 2.35. The summed E-state index contributed by atoms with van der Waals surface area (Å²) in [6.07, 6.45) is -0.380. The van der Waals surface area contributed by atoms with Crippen molar-refractivity contribution in [2.45, 2.75) is 18.6 Å². The lowest BCUT2D eigenvalue weighted by molar-refractivity contribution is -0.0211. The van der Waals surface area contributed by atoms with Crippen molar-refractivity contribution in [2.75, 3.05) is 5.43 Å². The third kappa shape index (κ3) is 3.22. The Labute approximate surface area is 260 Å². The molecule has 5 heteroatoms. The first-order valence-corrected chi connectivity index (χ1v) is 15.4. The van der Waals surface area contributed by atoms with Crippen LogP contribution in [-0.4, -0.2) is 16.0 Å². The Bertz CT molecular complexity index is 2340. The number of aliphatic imine (C=N–C) groups is 1. The van der Waals surface area contributed by atoms with Crippen LogP contribution in [-0.2, 0) is 5.54 Å². The minimum absolute atomic E-state index is 0.380. The molecule has 7 aromatic rings. The van der Waals surface area contributed by atoms with Crippen LogP contribution in [0.25, 0.3) is 44.2 Å². The molecule has 0 spiro atoms. The zero-order chi connectivity index (χ0) is 29.7. The van der Waals surface area contributed by atoms with Crippen LogP contribution in [0.1, 0.15) is 35.3 Å². The van der Waals surface area contributed by atoms with Crippen molar-refractivity contribution in [1.82, 2.24) is 10.1 Å². The summed E-state index contributed by atoms with van der Waals surface area (Å²) in [5.41, 5.74) is 15.8. The van der Waals surface area contributed by atoms with Gasteiger partial charge in [0.25, 0.3) is 0 Å². The molecule has 3 aliphatic rings. The predicted octanol–water partition coefficient (Wildman–Crippen LogP) is 9.52. The van der Waals surface area contributed by atoms with Crippen LogP contribution < -0.4 is 5.43 Å². The Kier molecular flexibility index (Phi) is 4.92. The summed E-state index contributed by atoms with van der Waals surface area (Å²) < 4.78 is 6.58. The first kappa shape index (κ1) is 24.8. The fourth-order valence-electron chi connectivity index (χ4n) is 7.85. The van der Waals surface area contributed by atoms with Crippen LogP contribution in [0.15, 0.2) is 149 Å². The molecular formula is C40H28N4O. The van der Waals surface area contributed by atoms with Crippen molar-refractivity contribution in [2.24, 2.45) is 4.99 Å². The molecular weight excluding hydrogens is 552 g/mol. The first-order valence-electron chi connectivity index (χ1n) is 15.4. The number of hydrogen-bond acceptors (Lipinski definition) is 5. The van der Waals surface area contributed by atoms with Crippen molar-refractivity contribution in [1.29, 1.82) is 0 Å². The SMILES string of the molecule is CC12c3ccccc3-c3ccc(-c4ccccc4)c(c31)NN1C(c3cccc4c3oc3ccccc34)N=C(c3ccccc3)N12. The highest BCUT2D eigenvalue weighted by molar-refractivity contribution is 6.07. The molecule has 2 atom stereocenters. The van der Waals surface area contributed by atoms with E-state index in [0.717, 1.165) is 44.6 Å². The van der Waals surface area contributed by atoms with Crippen molar-refractivity contribution in [3.05, 3.63) is 162 Å². The topological polar surface area (TPSA) is 44.0 Å². The second-order valence-electron chi connectivity index (χ2n) is 12.2. The van der Waals surface area contributed by atoms with Crippen LogP contribution in [0.2, 0.25) is 0 Å². The van der Waals surface area contributed by atoms with Gasteiger partial charge in [-0.05, 0) is 35.2 Å². The van der Waals surface area contributed by atoms with E-state index < -0.39 is 5.54 Å². The molecule has 0 saturated heterocycles. The fraction of sp³-hybridized carbons (Fsp3) is 0.0750. The average molecular weight is 581 g/mol. The van der Waals surface area contributed by atoms with Crippen LogP contribution in [0.4, 0.5) is 5.69 Å². The lowest BCUT2D eigenvalue weighted by Crippen LogP contribution is -2.59. The minimum atomic E-state index is -0.525. The Morgan fingerprint density at radius 2 is 1.33 bits per heavy atom. The number of rotatable bonds is 3. The molecule has 0 fully saturated rings. The molecule has 5 nitrogen and oxygen atoms in total. The van der Waals surface area contributed by atoms with E-state index >= 15 is 0 Å². The fourth-order valence-corrected chi connectivity index (χ4v) is 7.85. The number of benzene rings is 6. The summed E-state index contributed by atoms with van der Waals surface area (Å²) in [5.74, 6) is 0.919. The zero-order valence-electron chi connectivity index (χ0n) is 24.6. The Morgan fingerprint density at radius 1 is 0.644 bits per heavy atom. The first-order chi connectivity index (χ1) is 22.2. The molecule has 10 rings (SSSR count). The van der Waals surface area contributed by atoms with Gasteiger partial charge in [-0.3, -0.25) is 10.4 Å². The maximum absolute atomic E-state index is 6.58. The number of anilines is 1. The number of hydrazine groups is 2. The largest absolute Gasteiger partial charge is 0.456 e. The number of hydrogen-bond donors (Lipinski definition) is 1. The normalized spacial score (nSPS) is 19.7. The van der Waals surface area contributed by atoms with Gasteiger partial charge in [0, 0.05) is 33.0 Å². The van der Waals surface area contributed by atoms with Crippen LogP contribution in [0, 0.1) is 0 Å². The van der Waals surface area contributed by atoms with E-state index in [-0.39, 0.29) is 6.17 Å². The molecule has 0 amide bonds. The van der Waals surface area contributed by atoms with Crippen molar-refractivity contribution in [3.8, 4) is 22.3 Å². The van der Waals surface area contributed by atoms with Gasteiger partial charge in [-0.1, -0.05) is 133 Å². The van der Waals surface area contributed by atoms with Gasteiger partial charge in [0.2, 0.25) is 0 Å². The molecule has 214 valence electrons. The van der Waals surface area contributed by atoms with Crippen LogP contribution in [0.5, 0.6) is 0 Å². The number of nitrogens with one attached hydrogen (secondary N) is 1. The molecule has 1 aromatic heterocycles. The van der Waals surface area contributed by atoms with Gasteiger partial charge in [0.15, 0.2) is 6.17 Å². The van der Waals surface area contributed by atoms with Gasteiger partial charge >= 0.3 is 0 Å². The smallest absolute Gasteiger partial charge is 0.171 e. The molecule has 0 saturated carbocycles. The lowest BCUT2D eigenvalue weighted by Gasteiger charge is -2.50.